The summed E-state index contributed by atoms with van der Waals surface area (Å²) in [7, 11) is 0. The summed E-state index contributed by atoms with van der Waals surface area (Å²) in [5.41, 5.74) is 0. The maximum absolute atomic E-state index is 12.7. The number of hydrogen-bond donors (Lipinski definition) is 2. The highest BCUT2D eigenvalue weighted by Crippen LogP contribution is 2.14. The monoisotopic (exact) mass is 666 g/mol. The topological polar surface area (TPSA) is 102 Å². The van der Waals surface area contributed by atoms with Crippen molar-refractivity contribution >= 4 is 17.8 Å². The van der Waals surface area contributed by atoms with Crippen LogP contribution in [-0.2, 0) is 23.9 Å². The summed E-state index contributed by atoms with van der Waals surface area (Å²) in [6.45, 7) is 6.34. The maximum Gasteiger partial charge on any atom is 0.306 e. The van der Waals surface area contributed by atoms with E-state index in [0.29, 0.717) is 6.42 Å². The standard InChI is InChI=1S/C40H75NO6/c1-4-7-9-11-13-15-17-19-21-23-25-27-29-31-37(42)36(35-47-40(45)34-33-39(44)46-6-3)41-38(43)32-30-28-26-24-22-20-18-16-14-12-10-8-5-2/h29,31,36-37,42H,4-28,30,32-35H2,1-3H3,(H,41,43)/b31-29+/t36-,37+/m0/s1. The average molecular weight is 666 g/mol. The molecule has 0 aromatic carbocycles. The SMILES string of the molecule is CCCCCCCCCCCCC/C=C/[C@@H](O)[C@H](COC(=O)CCC(=O)OCC)NC(=O)CCCCCCCCCCCCCCC. The van der Waals surface area contributed by atoms with Gasteiger partial charge in [0.05, 0.1) is 31.6 Å². The molecule has 1 amide bonds. The van der Waals surface area contributed by atoms with Gasteiger partial charge in [-0.25, -0.2) is 0 Å². The highest BCUT2D eigenvalue weighted by Gasteiger charge is 2.21. The van der Waals surface area contributed by atoms with E-state index < -0.39 is 24.1 Å². The Hall–Kier alpha value is -1.89. The van der Waals surface area contributed by atoms with Crippen LogP contribution in [0.2, 0.25) is 0 Å². The molecule has 0 saturated heterocycles. The molecule has 0 aliphatic carbocycles. The lowest BCUT2D eigenvalue weighted by molar-refractivity contribution is -0.151. The predicted octanol–water partition coefficient (Wildman–Crippen LogP) is 10.5. The number of allylic oxidation sites excluding steroid dienone is 1. The summed E-state index contributed by atoms with van der Waals surface area (Å²) in [5.74, 6) is -1.14. The molecular weight excluding hydrogens is 590 g/mol. The van der Waals surface area contributed by atoms with E-state index in [9.17, 15) is 19.5 Å². The molecule has 0 rings (SSSR count). The molecule has 2 N–H and O–H groups in total. The maximum atomic E-state index is 12.7. The largest absolute Gasteiger partial charge is 0.466 e. The fraction of sp³-hybridized carbons (Fsp3) is 0.875. The first-order valence-corrected chi connectivity index (χ1v) is 19.9. The van der Waals surface area contributed by atoms with Gasteiger partial charge in [0.1, 0.15) is 6.61 Å². The number of nitrogens with one attached hydrogen (secondary N) is 1. The average Bonchev–Trinajstić information content (AvgIpc) is 3.06. The van der Waals surface area contributed by atoms with E-state index in [1.807, 2.05) is 6.08 Å². The third-order valence-electron chi connectivity index (χ3n) is 8.84. The minimum absolute atomic E-state index is 0.0514. The molecule has 47 heavy (non-hydrogen) atoms. The Morgan fingerprint density at radius 1 is 0.553 bits per heavy atom. The van der Waals surface area contributed by atoms with Crippen LogP contribution in [0.25, 0.3) is 0 Å². The molecule has 0 bridgehead atoms. The van der Waals surface area contributed by atoms with Crippen molar-refractivity contribution in [3.8, 4) is 0 Å². The number of carbonyl (C=O) groups excluding carboxylic acids is 3. The Balaban J connectivity index is 4.38. The van der Waals surface area contributed by atoms with E-state index in [2.05, 4.69) is 19.2 Å². The summed E-state index contributed by atoms with van der Waals surface area (Å²) in [6, 6.07) is -0.732. The second-order valence-corrected chi connectivity index (χ2v) is 13.4. The van der Waals surface area contributed by atoms with E-state index in [4.69, 9.17) is 9.47 Å². The molecular formula is C40H75NO6. The van der Waals surface area contributed by atoms with Crippen LogP contribution in [0.15, 0.2) is 12.2 Å². The molecule has 0 heterocycles. The zero-order valence-corrected chi connectivity index (χ0v) is 31.0. The zero-order chi connectivity index (χ0) is 34.6. The third kappa shape index (κ3) is 32.4. The number of carbonyl (C=O) groups is 3. The van der Waals surface area contributed by atoms with Gasteiger partial charge in [0, 0.05) is 6.42 Å². The van der Waals surface area contributed by atoms with Crippen LogP contribution in [0, 0.1) is 0 Å². The molecule has 0 aliphatic heterocycles. The molecule has 0 spiro atoms. The molecule has 0 fully saturated rings. The van der Waals surface area contributed by atoms with Gasteiger partial charge in [-0.1, -0.05) is 167 Å². The highest BCUT2D eigenvalue weighted by molar-refractivity contribution is 5.78. The number of unbranched alkanes of at least 4 members (excludes halogenated alkanes) is 23. The van der Waals surface area contributed by atoms with Crippen LogP contribution in [0.4, 0.5) is 0 Å². The van der Waals surface area contributed by atoms with Gasteiger partial charge in [0.25, 0.3) is 0 Å². The minimum Gasteiger partial charge on any atom is -0.466 e. The van der Waals surface area contributed by atoms with Crippen LogP contribution in [0.3, 0.4) is 0 Å². The molecule has 276 valence electrons. The van der Waals surface area contributed by atoms with E-state index in [1.165, 1.54) is 128 Å². The zero-order valence-electron chi connectivity index (χ0n) is 31.0. The number of esters is 2. The summed E-state index contributed by atoms with van der Waals surface area (Å²) in [5, 5.41) is 13.7. The molecule has 0 aliphatic rings. The minimum atomic E-state index is -0.962. The van der Waals surface area contributed by atoms with Crippen molar-refractivity contribution in [2.45, 2.75) is 213 Å². The Morgan fingerprint density at radius 3 is 1.40 bits per heavy atom. The summed E-state index contributed by atoms with van der Waals surface area (Å²) in [6.07, 6.45) is 34.2. The Bertz CT molecular complexity index is 755. The van der Waals surface area contributed by atoms with Gasteiger partial charge in [-0.2, -0.15) is 0 Å². The van der Waals surface area contributed by atoms with Crippen LogP contribution in [-0.4, -0.2) is 48.3 Å². The first-order chi connectivity index (χ1) is 22.9. The van der Waals surface area contributed by atoms with E-state index in [0.717, 1.165) is 32.1 Å². The Kier molecular flexibility index (Phi) is 34.0. The lowest BCUT2D eigenvalue weighted by atomic mass is 10.0. The number of aliphatic hydroxyl groups excluding tert-OH is 1. The number of hydrogen-bond acceptors (Lipinski definition) is 6. The fourth-order valence-electron chi connectivity index (χ4n) is 5.80. The quantitative estimate of drug-likeness (QED) is 0.0397. The highest BCUT2D eigenvalue weighted by atomic mass is 16.5. The number of aliphatic hydroxyl groups is 1. The lowest BCUT2D eigenvalue weighted by Crippen LogP contribution is -2.46. The fourth-order valence-corrected chi connectivity index (χ4v) is 5.80. The molecule has 0 radical (unpaired) electrons. The predicted molar refractivity (Wildman–Crippen MR) is 195 cm³/mol. The van der Waals surface area contributed by atoms with E-state index in [-0.39, 0.29) is 32.0 Å². The third-order valence-corrected chi connectivity index (χ3v) is 8.84. The smallest absolute Gasteiger partial charge is 0.306 e. The summed E-state index contributed by atoms with van der Waals surface area (Å²) < 4.78 is 10.2. The van der Waals surface area contributed by atoms with Crippen molar-refractivity contribution in [2.24, 2.45) is 0 Å². The summed E-state index contributed by atoms with van der Waals surface area (Å²) in [4.78, 5) is 36.5. The van der Waals surface area contributed by atoms with Gasteiger partial charge in [-0.15, -0.1) is 0 Å². The van der Waals surface area contributed by atoms with Crippen molar-refractivity contribution in [1.82, 2.24) is 5.32 Å². The molecule has 0 unspecified atom stereocenters. The van der Waals surface area contributed by atoms with Gasteiger partial charge in [-0.3, -0.25) is 14.4 Å². The first-order valence-electron chi connectivity index (χ1n) is 19.9. The number of amides is 1. The van der Waals surface area contributed by atoms with Gasteiger partial charge in [0.15, 0.2) is 0 Å². The molecule has 0 aromatic heterocycles. The van der Waals surface area contributed by atoms with Crippen molar-refractivity contribution in [3.63, 3.8) is 0 Å². The molecule has 0 saturated carbocycles. The lowest BCUT2D eigenvalue weighted by Gasteiger charge is -2.22. The second kappa shape index (κ2) is 35.4. The number of ether oxygens (including phenoxy) is 2. The second-order valence-electron chi connectivity index (χ2n) is 13.4. The van der Waals surface area contributed by atoms with Crippen LogP contribution in [0.5, 0.6) is 0 Å². The molecule has 2 atom stereocenters. The Labute approximate surface area is 289 Å². The van der Waals surface area contributed by atoms with Crippen molar-refractivity contribution in [1.29, 1.82) is 0 Å². The van der Waals surface area contributed by atoms with Gasteiger partial charge >= 0.3 is 11.9 Å². The van der Waals surface area contributed by atoms with Crippen molar-refractivity contribution in [2.75, 3.05) is 13.2 Å². The van der Waals surface area contributed by atoms with Gasteiger partial charge in [-0.05, 0) is 26.2 Å². The van der Waals surface area contributed by atoms with E-state index >= 15 is 0 Å². The molecule has 7 nitrogen and oxygen atoms in total. The van der Waals surface area contributed by atoms with Crippen LogP contribution < -0.4 is 5.32 Å². The van der Waals surface area contributed by atoms with Crippen molar-refractivity contribution < 1.29 is 29.0 Å². The Morgan fingerprint density at radius 2 is 0.957 bits per heavy atom. The van der Waals surface area contributed by atoms with Crippen molar-refractivity contribution in [3.05, 3.63) is 12.2 Å². The molecule has 7 heteroatoms. The van der Waals surface area contributed by atoms with Gasteiger partial charge in [0.2, 0.25) is 5.91 Å². The van der Waals surface area contributed by atoms with Crippen LogP contribution >= 0.6 is 0 Å². The number of rotatable bonds is 35. The first kappa shape index (κ1) is 45.1. The normalized spacial score (nSPS) is 12.7. The van der Waals surface area contributed by atoms with E-state index in [1.54, 1.807) is 13.0 Å². The summed E-state index contributed by atoms with van der Waals surface area (Å²) >= 11 is 0. The molecule has 0 aromatic rings. The van der Waals surface area contributed by atoms with Gasteiger partial charge < -0.3 is 19.9 Å². The van der Waals surface area contributed by atoms with Crippen LogP contribution in [0.1, 0.15) is 201 Å².